The number of piperidine rings is 2. The van der Waals surface area contributed by atoms with Crippen molar-refractivity contribution in [3.05, 3.63) is 41.1 Å². The fraction of sp³-hybridized carbons (Fsp3) is 0.600. The van der Waals surface area contributed by atoms with Gasteiger partial charge in [-0.25, -0.2) is 9.59 Å². The van der Waals surface area contributed by atoms with Crippen molar-refractivity contribution in [2.75, 3.05) is 45.6 Å². The molecule has 0 saturated carbocycles. The molecule has 33 heavy (non-hydrogen) atoms. The molecule has 0 aliphatic carbocycles. The number of carbonyl (C=O) groups excluding carboxylic acids is 2. The second-order valence-corrected chi connectivity index (χ2v) is 9.90. The van der Waals surface area contributed by atoms with Gasteiger partial charge in [-0.15, -0.1) is 11.8 Å². The first-order valence-corrected chi connectivity index (χ1v) is 13.4. The Morgan fingerprint density at radius 1 is 1.09 bits per heavy atom. The molecule has 3 aliphatic rings. The van der Waals surface area contributed by atoms with E-state index >= 15 is 0 Å². The summed E-state index contributed by atoms with van der Waals surface area (Å²) in [5.74, 6) is -0.373. The second-order valence-electron chi connectivity index (χ2n) is 9.02. The Morgan fingerprint density at radius 2 is 1.79 bits per heavy atom. The lowest BCUT2D eigenvalue weighted by Crippen LogP contribution is -2.51. The van der Waals surface area contributed by atoms with Gasteiger partial charge in [0.1, 0.15) is 0 Å². The third kappa shape index (κ3) is 5.91. The van der Waals surface area contributed by atoms with E-state index in [1.165, 1.54) is 32.4 Å². The van der Waals surface area contributed by atoms with Crippen LogP contribution in [0.15, 0.2) is 40.4 Å². The van der Waals surface area contributed by atoms with Crippen LogP contribution in [-0.2, 0) is 9.53 Å². The van der Waals surface area contributed by atoms with E-state index in [9.17, 15) is 9.59 Å². The molecule has 3 aliphatic heterocycles. The van der Waals surface area contributed by atoms with E-state index < -0.39 is 6.04 Å². The van der Waals surface area contributed by atoms with E-state index in [1.54, 1.807) is 18.7 Å². The maximum atomic E-state index is 13.0. The van der Waals surface area contributed by atoms with Crippen molar-refractivity contribution in [3.63, 3.8) is 0 Å². The van der Waals surface area contributed by atoms with Crippen LogP contribution in [-0.4, -0.2) is 73.4 Å². The van der Waals surface area contributed by atoms with Gasteiger partial charge < -0.3 is 20.3 Å². The highest BCUT2D eigenvalue weighted by molar-refractivity contribution is 7.98. The van der Waals surface area contributed by atoms with E-state index in [0.29, 0.717) is 30.5 Å². The molecule has 4 rings (SSSR count). The number of likely N-dealkylation sites (tertiary alicyclic amines) is 2. The van der Waals surface area contributed by atoms with E-state index in [-0.39, 0.29) is 12.0 Å². The third-order valence-corrected chi connectivity index (χ3v) is 7.69. The van der Waals surface area contributed by atoms with Crippen LogP contribution in [0, 0.1) is 0 Å². The summed E-state index contributed by atoms with van der Waals surface area (Å²) in [6, 6.07) is 7.84. The van der Waals surface area contributed by atoms with Gasteiger partial charge in [-0.05, 0) is 69.6 Å². The minimum absolute atomic E-state index is 0.278. The van der Waals surface area contributed by atoms with Gasteiger partial charge in [-0.3, -0.25) is 4.90 Å². The molecule has 1 atom stereocenters. The van der Waals surface area contributed by atoms with Gasteiger partial charge >= 0.3 is 12.0 Å². The number of benzene rings is 1. The first-order valence-electron chi connectivity index (χ1n) is 12.2. The van der Waals surface area contributed by atoms with Gasteiger partial charge in [-0.2, -0.15) is 0 Å². The summed E-state index contributed by atoms with van der Waals surface area (Å²) < 4.78 is 5.41. The van der Waals surface area contributed by atoms with Crippen molar-refractivity contribution in [1.29, 1.82) is 0 Å². The first kappa shape index (κ1) is 24.1. The summed E-state index contributed by atoms with van der Waals surface area (Å²) in [7, 11) is 0. The molecule has 180 valence electrons. The van der Waals surface area contributed by atoms with E-state index in [2.05, 4.69) is 20.4 Å². The van der Waals surface area contributed by atoms with Gasteiger partial charge in [0.25, 0.3) is 0 Å². The molecule has 2 amide bonds. The predicted octanol–water partition coefficient (Wildman–Crippen LogP) is 3.53. The van der Waals surface area contributed by atoms with Crippen LogP contribution in [0.4, 0.5) is 4.79 Å². The molecular formula is C25H36N4O3S. The number of carbonyl (C=O) groups is 2. The number of urea groups is 1. The lowest BCUT2D eigenvalue weighted by atomic mass is 9.94. The molecule has 2 fully saturated rings. The Balaban J connectivity index is 1.52. The highest BCUT2D eigenvalue weighted by Gasteiger charge is 2.35. The zero-order valence-electron chi connectivity index (χ0n) is 19.8. The van der Waals surface area contributed by atoms with Gasteiger partial charge in [0.2, 0.25) is 0 Å². The van der Waals surface area contributed by atoms with Crippen molar-refractivity contribution >= 4 is 23.8 Å². The highest BCUT2D eigenvalue weighted by atomic mass is 32.2. The maximum Gasteiger partial charge on any atom is 0.338 e. The molecule has 1 aromatic rings. The molecule has 8 heteroatoms. The minimum atomic E-state index is -0.519. The summed E-state index contributed by atoms with van der Waals surface area (Å²) in [5.41, 5.74) is 2.05. The molecule has 0 spiro atoms. The van der Waals surface area contributed by atoms with Gasteiger partial charge in [0.15, 0.2) is 0 Å². The standard InChI is InChI=1S/C25H36N4O3S/c1-3-32-24(30)22-21(17-28-15-11-19(12-16-28)29-13-5-4-6-14-29)26-25(31)27-23(22)18-7-9-20(33-2)10-8-18/h7-10,19,23H,3-6,11-17H2,1-2H3,(H2,26,27,31). The predicted molar refractivity (Wildman–Crippen MR) is 131 cm³/mol. The fourth-order valence-electron chi connectivity index (χ4n) is 5.19. The van der Waals surface area contributed by atoms with E-state index in [1.807, 2.05) is 30.5 Å². The average Bonchev–Trinajstić information content (AvgIpc) is 2.85. The van der Waals surface area contributed by atoms with Gasteiger partial charge in [0.05, 0.1) is 18.2 Å². The molecule has 0 aromatic heterocycles. The van der Waals surface area contributed by atoms with Crippen LogP contribution < -0.4 is 10.6 Å². The number of amides is 2. The van der Waals surface area contributed by atoms with E-state index in [4.69, 9.17) is 4.74 Å². The van der Waals surface area contributed by atoms with E-state index in [0.717, 1.165) is 36.4 Å². The summed E-state index contributed by atoms with van der Waals surface area (Å²) in [6.07, 6.45) is 8.27. The Hall–Kier alpha value is -2.03. The summed E-state index contributed by atoms with van der Waals surface area (Å²) in [5, 5.41) is 5.86. The monoisotopic (exact) mass is 472 g/mol. The van der Waals surface area contributed by atoms with Crippen molar-refractivity contribution < 1.29 is 14.3 Å². The zero-order chi connectivity index (χ0) is 23.2. The summed E-state index contributed by atoms with van der Waals surface area (Å²) >= 11 is 1.66. The number of thioether (sulfide) groups is 1. The highest BCUT2D eigenvalue weighted by Crippen LogP contribution is 2.30. The van der Waals surface area contributed by atoms with Crippen LogP contribution in [0.1, 0.15) is 50.6 Å². The van der Waals surface area contributed by atoms with Crippen molar-refractivity contribution in [2.45, 2.75) is 56.0 Å². The fourth-order valence-corrected chi connectivity index (χ4v) is 5.60. The van der Waals surface area contributed by atoms with Crippen LogP contribution in [0.25, 0.3) is 0 Å². The largest absolute Gasteiger partial charge is 0.463 e. The summed E-state index contributed by atoms with van der Waals surface area (Å²) in [6.45, 7) is 7.04. The number of hydrogen-bond acceptors (Lipinski definition) is 6. The number of hydrogen-bond donors (Lipinski definition) is 2. The maximum absolute atomic E-state index is 13.0. The van der Waals surface area contributed by atoms with Crippen molar-refractivity contribution in [2.24, 2.45) is 0 Å². The Morgan fingerprint density at radius 3 is 2.42 bits per heavy atom. The Labute approximate surface area is 201 Å². The lowest BCUT2D eigenvalue weighted by molar-refractivity contribution is -0.139. The minimum Gasteiger partial charge on any atom is -0.463 e. The number of ether oxygens (including phenoxy) is 1. The molecule has 7 nitrogen and oxygen atoms in total. The molecule has 2 N–H and O–H groups in total. The number of rotatable bonds is 7. The molecule has 0 bridgehead atoms. The SMILES string of the molecule is CCOC(=O)C1=C(CN2CCC(N3CCCCC3)CC2)NC(=O)NC1c1ccc(SC)cc1. The topological polar surface area (TPSA) is 73.9 Å². The first-order chi connectivity index (χ1) is 16.1. The summed E-state index contributed by atoms with van der Waals surface area (Å²) in [4.78, 5) is 31.7. The van der Waals surface area contributed by atoms with Crippen LogP contribution in [0.2, 0.25) is 0 Å². The van der Waals surface area contributed by atoms with Crippen molar-refractivity contribution in [1.82, 2.24) is 20.4 Å². The van der Waals surface area contributed by atoms with Crippen molar-refractivity contribution in [3.8, 4) is 0 Å². The number of esters is 1. The Kier molecular flexibility index (Phi) is 8.33. The molecule has 1 aromatic carbocycles. The second kappa shape index (κ2) is 11.4. The van der Waals surface area contributed by atoms with Gasteiger partial charge in [-0.1, -0.05) is 18.6 Å². The average molecular weight is 473 g/mol. The quantitative estimate of drug-likeness (QED) is 0.467. The molecule has 1 unspecified atom stereocenters. The third-order valence-electron chi connectivity index (χ3n) is 6.94. The number of nitrogens with zero attached hydrogens (tertiary/aromatic N) is 2. The molecule has 2 saturated heterocycles. The van der Waals surface area contributed by atoms with Crippen LogP contribution >= 0.6 is 11.8 Å². The lowest BCUT2D eigenvalue weighted by Gasteiger charge is -2.41. The smallest absolute Gasteiger partial charge is 0.338 e. The van der Waals surface area contributed by atoms with Crippen LogP contribution in [0.3, 0.4) is 0 Å². The zero-order valence-corrected chi connectivity index (χ0v) is 20.6. The Bertz CT molecular complexity index is 859. The van der Waals surface area contributed by atoms with Gasteiger partial charge in [0, 0.05) is 36.3 Å². The molecule has 0 radical (unpaired) electrons. The normalized spacial score (nSPS) is 23.2. The molecule has 3 heterocycles. The number of nitrogens with one attached hydrogen (secondary N) is 2. The van der Waals surface area contributed by atoms with Crippen LogP contribution in [0.5, 0.6) is 0 Å². The molecular weight excluding hydrogens is 436 g/mol.